The first-order valence-corrected chi connectivity index (χ1v) is 9.93. The fourth-order valence-electron chi connectivity index (χ4n) is 3.76. The monoisotopic (exact) mass is 448 g/mol. The van der Waals surface area contributed by atoms with Gasteiger partial charge in [-0.2, -0.15) is 18.3 Å². The number of ether oxygens (including phenoxy) is 1. The second kappa shape index (κ2) is 8.70. The Labute approximate surface area is 181 Å². The van der Waals surface area contributed by atoms with Crippen molar-refractivity contribution in [1.82, 2.24) is 19.7 Å². The minimum Gasteiger partial charge on any atom is -0.383 e. The smallest absolute Gasteiger partial charge is 0.383 e. The minimum atomic E-state index is -4.63. The number of hydrogen-bond acceptors (Lipinski definition) is 4. The number of pyridine rings is 1. The molecule has 1 aliphatic heterocycles. The standard InChI is InChI=1S/C22H20F4N4O2/c1-32-7-6-29-5-3-19-18(21(29)31)13-28-30(19)20-11-14(2-4-27-20)8-15-9-16(22(24,25)26)12-17(23)10-15/h2,4,9-13H,3,5-8H2,1H3. The summed E-state index contributed by atoms with van der Waals surface area (Å²) in [5, 5.41) is 4.31. The molecular formula is C22H20F4N4O2. The van der Waals surface area contributed by atoms with Crippen LogP contribution in [0.5, 0.6) is 0 Å². The van der Waals surface area contributed by atoms with Crippen molar-refractivity contribution in [3.05, 3.63) is 76.5 Å². The molecule has 2 aromatic heterocycles. The Morgan fingerprint density at radius 2 is 1.97 bits per heavy atom. The molecule has 6 nitrogen and oxygen atoms in total. The highest BCUT2D eigenvalue weighted by molar-refractivity contribution is 5.96. The molecule has 0 bridgehead atoms. The Morgan fingerprint density at radius 1 is 1.16 bits per heavy atom. The van der Waals surface area contributed by atoms with Crippen molar-refractivity contribution in [2.24, 2.45) is 0 Å². The number of rotatable bonds is 6. The van der Waals surface area contributed by atoms with E-state index in [4.69, 9.17) is 4.74 Å². The van der Waals surface area contributed by atoms with Crippen LogP contribution < -0.4 is 0 Å². The van der Waals surface area contributed by atoms with Gasteiger partial charge in [-0.15, -0.1) is 0 Å². The Hall–Kier alpha value is -3.27. The average molecular weight is 448 g/mol. The van der Waals surface area contributed by atoms with Crippen LogP contribution in [0.4, 0.5) is 17.6 Å². The SMILES string of the molecule is COCCN1CCc2c(cnn2-c2cc(Cc3cc(F)cc(C(F)(F)F)c3)ccn2)C1=O. The highest BCUT2D eigenvalue weighted by Gasteiger charge is 2.31. The molecule has 1 aliphatic rings. The lowest BCUT2D eigenvalue weighted by Crippen LogP contribution is -2.39. The van der Waals surface area contributed by atoms with Gasteiger partial charge in [-0.1, -0.05) is 0 Å². The average Bonchev–Trinajstić information content (AvgIpc) is 3.17. The quantitative estimate of drug-likeness (QED) is 0.540. The summed E-state index contributed by atoms with van der Waals surface area (Å²) < 4.78 is 59.3. The fraction of sp³-hybridized carbons (Fsp3) is 0.318. The molecule has 4 rings (SSSR count). The van der Waals surface area contributed by atoms with Gasteiger partial charge in [-0.3, -0.25) is 4.79 Å². The molecule has 0 spiro atoms. The normalized spacial score (nSPS) is 14.0. The summed E-state index contributed by atoms with van der Waals surface area (Å²) in [6.45, 7) is 1.44. The first-order chi connectivity index (χ1) is 15.3. The van der Waals surface area contributed by atoms with Gasteiger partial charge in [0.2, 0.25) is 0 Å². The van der Waals surface area contributed by atoms with Gasteiger partial charge in [0, 0.05) is 32.8 Å². The summed E-state index contributed by atoms with van der Waals surface area (Å²) in [4.78, 5) is 18.7. The third-order valence-electron chi connectivity index (χ3n) is 5.29. The zero-order valence-corrected chi connectivity index (χ0v) is 17.2. The molecule has 10 heteroatoms. The molecule has 0 radical (unpaired) electrons. The van der Waals surface area contributed by atoms with Crippen molar-refractivity contribution in [3.63, 3.8) is 0 Å². The first kappa shape index (κ1) is 21.9. The van der Waals surface area contributed by atoms with Gasteiger partial charge in [0.25, 0.3) is 5.91 Å². The van der Waals surface area contributed by atoms with Gasteiger partial charge in [0.1, 0.15) is 5.82 Å². The largest absolute Gasteiger partial charge is 0.416 e. The van der Waals surface area contributed by atoms with Crippen LogP contribution in [0.25, 0.3) is 5.82 Å². The van der Waals surface area contributed by atoms with E-state index < -0.39 is 17.6 Å². The van der Waals surface area contributed by atoms with E-state index in [1.54, 1.807) is 28.8 Å². The number of hydrogen-bond donors (Lipinski definition) is 0. The summed E-state index contributed by atoms with van der Waals surface area (Å²) in [5.41, 5.74) is 1.01. The summed E-state index contributed by atoms with van der Waals surface area (Å²) in [7, 11) is 1.57. The molecule has 0 unspecified atom stereocenters. The molecule has 0 saturated carbocycles. The van der Waals surface area contributed by atoms with Gasteiger partial charge in [-0.25, -0.2) is 14.1 Å². The molecule has 0 atom stereocenters. The van der Waals surface area contributed by atoms with Crippen LogP contribution in [0.3, 0.4) is 0 Å². The van der Waals surface area contributed by atoms with Gasteiger partial charge >= 0.3 is 6.18 Å². The highest BCUT2D eigenvalue weighted by atomic mass is 19.4. The number of alkyl halides is 3. The van der Waals surface area contributed by atoms with Crippen LogP contribution in [-0.4, -0.2) is 52.4 Å². The van der Waals surface area contributed by atoms with Gasteiger partial charge in [0.05, 0.1) is 29.6 Å². The second-order valence-electron chi connectivity index (χ2n) is 7.50. The molecule has 1 amide bonds. The van der Waals surface area contributed by atoms with Gasteiger partial charge in [-0.05, 0) is 47.9 Å². The van der Waals surface area contributed by atoms with E-state index in [-0.39, 0.29) is 17.9 Å². The van der Waals surface area contributed by atoms with E-state index in [0.29, 0.717) is 49.1 Å². The van der Waals surface area contributed by atoms with Crippen molar-refractivity contribution in [1.29, 1.82) is 0 Å². The van der Waals surface area contributed by atoms with Crippen molar-refractivity contribution >= 4 is 5.91 Å². The van der Waals surface area contributed by atoms with Crippen molar-refractivity contribution in [2.45, 2.75) is 19.0 Å². The molecule has 168 valence electrons. The topological polar surface area (TPSA) is 60.2 Å². The maximum atomic E-state index is 13.7. The number of carbonyl (C=O) groups is 1. The molecule has 32 heavy (non-hydrogen) atoms. The molecule has 1 aromatic carbocycles. The van der Waals surface area contributed by atoms with Crippen LogP contribution in [-0.2, 0) is 23.8 Å². The van der Waals surface area contributed by atoms with E-state index in [1.165, 1.54) is 12.4 Å². The molecule has 0 saturated heterocycles. The van der Waals surface area contributed by atoms with E-state index in [2.05, 4.69) is 10.1 Å². The predicted molar refractivity (Wildman–Crippen MR) is 107 cm³/mol. The van der Waals surface area contributed by atoms with Crippen LogP contribution in [0, 0.1) is 5.82 Å². The van der Waals surface area contributed by atoms with E-state index in [1.807, 2.05) is 0 Å². The molecule has 0 fully saturated rings. The lowest BCUT2D eigenvalue weighted by Gasteiger charge is -2.26. The van der Waals surface area contributed by atoms with Crippen molar-refractivity contribution in [3.8, 4) is 5.82 Å². The maximum Gasteiger partial charge on any atom is 0.416 e. The molecule has 3 heterocycles. The van der Waals surface area contributed by atoms with Crippen LogP contribution in [0.15, 0.2) is 42.7 Å². The molecule has 0 N–H and O–H groups in total. The van der Waals surface area contributed by atoms with Crippen LogP contribution >= 0.6 is 0 Å². The first-order valence-electron chi connectivity index (χ1n) is 9.93. The minimum absolute atomic E-state index is 0.0869. The summed E-state index contributed by atoms with van der Waals surface area (Å²) in [5.74, 6) is -0.638. The number of fused-ring (bicyclic) bond motifs is 1. The van der Waals surface area contributed by atoms with Crippen LogP contribution in [0.2, 0.25) is 0 Å². The summed E-state index contributed by atoms with van der Waals surface area (Å²) in [6.07, 6.45) is -0.956. The van der Waals surface area contributed by atoms with E-state index in [9.17, 15) is 22.4 Å². The number of aromatic nitrogens is 3. The number of amides is 1. The number of benzene rings is 1. The second-order valence-corrected chi connectivity index (χ2v) is 7.50. The Kier molecular flexibility index (Phi) is 5.96. The number of nitrogens with zero attached hydrogens (tertiary/aromatic N) is 4. The van der Waals surface area contributed by atoms with Crippen molar-refractivity contribution < 1.29 is 27.1 Å². The van der Waals surface area contributed by atoms with Crippen LogP contribution in [0.1, 0.15) is 32.7 Å². The van der Waals surface area contributed by atoms with Gasteiger partial charge in [0.15, 0.2) is 5.82 Å². The summed E-state index contributed by atoms with van der Waals surface area (Å²) >= 11 is 0. The Balaban J connectivity index is 1.59. The van der Waals surface area contributed by atoms with E-state index in [0.717, 1.165) is 17.8 Å². The molecule has 0 aliphatic carbocycles. The maximum absolute atomic E-state index is 13.7. The lowest BCUT2D eigenvalue weighted by atomic mass is 10.0. The summed E-state index contributed by atoms with van der Waals surface area (Å²) in [6, 6.07) is 5.82. The Bertz CT molecular complexity index is 1140. The highest BCUT2D eigenvalue weighted by Crippen LogP contribution is 2.31. The van der Waals surface area contributed by atoms with Crippen molar-refractivity contribution in [2.75, 3.05) is 26.8 Å². The third kappa shape index (κ3) is 4.50. The number of carbonyl (C=O) groups excluding carboxylic acids is 1. The number of methoxy groups -OCH3 is 1. The number of halogens is 4. The van der Waals surface area contributed by atoms with E-state index >= 15 is 0 Å². The Morgan fingerprint density at radius 3 is 2.72 bits per heavy atom. The fourth-order valence-corrected chi connectivity index (χ4v) is 3.76. The van der Waals surface area contributed by atoms with Gasteiger partial charge < -0.3 is 9.64 Å². The zero-order chi connectivity index (χ0) is 22.9. The molecule has 3 aromatic rings. The lowest BCUT2D eigenvalue weighted by molar-refractivity contribution is -0.137. The third-order valence-corrected chi connectivity index (χ3v) is 5.29. The zero-order valence-electron chi connectivity index (χ0n) is 17.2. The molecular weight excluding hydrogens is 428 g/mol. The predicted octanol–water partition coefficient (Wildman–Crippen LogP) is 3.66.